The van der Waals surface area contributed by atoms with E-state index in [9.17, 15) is 0 Å². The molecule has 0 spiro atoms. The molecule has 0 radical (unpaired) electrons. The summed E-state index contributed by atoms with van der Waals surface area (Å²) in [4.78, 5) is 0. The van der Waals surface area contributed by atoms with Crippen LogP contribution in [-0.2, 0) is 4.74 Å². The number of halogens is 1. The minimum Gasteiger partial charge on any atom is -0.372 e. The zero-order chi connectivity index (χ0) is 15.1. The Bertz CT molecular complexity index is 527. The average Bonchev–Trinajstić information content (AvgIpc) is 2.53. The van der Waals surface area contributed by atoms with Crippen molar-refractivity contribution in [3.8, 4) is 0 Å². The molecule has 0 amide bonds. The van der Waals surface area contributed by atoms with Crippen LogP contribution in [0, 0.1) is 0 Å². The number of benzene rings is 2. The van der Waals surface area contributed by atoms with E-state index in [-0.39, 0.29) is 12.1 Å². The molecule has 2 unspecified atom stereocenters. The highest BCUT2D eigenvalue weighted by molar-refractivity contribution is 6.30. The van der Waals surface area contributed by atoms with Gasteiger partial charge in [-0.25, -0.2) is 0 Å². The van der Waals surface area contributed by atoms with Crippen LogP contribution in [0.5, 0.6) is 0 Å². The highest BCUT2D eigenvalue weighted by Gasteiger charge is 2.24. The molecule has 0 saturated heterocycles. The maximum absolute atomic E-state index is 6.03. The van der Waals surface area contributed by atoms with Crippen LogP contribution in [-0.4, -0.2) is 13.2 Å². The third-order valence-electron chi connectivity index (χ3n) is 3.43. The Labute approximate surface area is 132 Å². The lowest BCUT2D eigenvalue weighted by atomic mass is 9.95. The third-order valence-corrected chi connectivity index (χ3v) is 3.68. The van der Waals surface area contributed by atoms with Crippen molar-refractivity contribution in [3.63, 3.8) is 0 Å². The molecule has 0 fully saturated rings. The number of rotatable bonds is 7. The normalized spacial score (nSPS) is 13.9. The van der Waals surface area contributed by atoms with Gasteiger partial charge < -0.3 is 10.1 Å². The number of hydrogen-bond donors (Lipinski definition) is 1. The van der Waals surface area contributed by atoms with E-state index >= 15 is 0 Å². The molecule has 0 bridgehead atoms. The number of nitrogens with one attached hydrogen (secondary N) is 1. The van der Waals surface area contributed by atoms with Crippen LogP contribution in [0.15, 0.2) is 54.6 Å². The first-order chi connectivity index (χ1) is 10.3. The zero-order valence-electron chi connectivity index (χ0n) is 12.6. The molecule has 1 N–H and O–H groups in total. The molecule has 0 aromatic heterocycles. The topological polar surface area (TPSA) is 21.3 Å². The minimum absolute atomic E-state index is 0.0164. The molecular formula is C18H22ClNO. The predicted molar refractivity (Wildman–Crippen MR) is 88.7 cm³/mol. The van der Waals surface area contributed by atoms with Crippen molar-refractivity contribution in [2.75, 3.05) is 13.2 Å². The molecule has 2 aromatic carbocycles. The fourth-order valence-electron chi connectivity index (χ4n) is 2.50. The summed E-state index contributed by atoms with van der Waals surface area (Å²) in [5.74, 6) is 0. The smallest absolute Gasteiger partial charge is 0.102 e. The number of ether oxygens (including phenoxy) is 1. The van der Waals surface area contributed by atoms with Gasteiger partial charge in [0.15, 0.2) is 0 Å². The largest absolute Gasteiger partial charge is 0.372 e. The molecule has 112 valence electrons. The van der Waals surface area contributed by atoms with Crippen molar-refractivity contribution < 1.29 is 4.74 Å². The Morgan fingerprint density at radius 3 is 2.19 bits per heavy atom. The van der Waals surface area contributed by atoms with Gasteiger partial charge in [-0.1, -0.05) is 61.0 Å². The molecule has 21 heavy (non-hydrogen) atoms. The van der Waals surface area contributed by atoms with E-state index in [0.29, 0.717) is 6.61 Å². The van der Waals surface area contributed by atoms with Gasteiger partial charge in [-0.2, -0.15) is 0 Å². The van der Waals surface area contributed by atoms with E-state index in [4.69, 9.17) is 16.3 Å². The highest BCUT2D eigenvalue weighted by Crippen LogP contribution is 2.32. The first-order valence-electron chi connectivity index (χ1n) is 7.41. The van der Waals surface area contributed by atoms with Crippen molar-refractivity contribution in [2.45, 2.75) is 26.0 Å². The minimum atomic E-state index is -0.0164. The molecule has 2 rings (SSSR count). The van der Waals surface area contributed by atoms with Gasteiger partial charge in [-0.15, -0.1) is 0 Å². The van der Waals surface area contributed by atoms with Crippen molar-refractivity contribution >= 4 is 11.6 Å². The molecule has 3 heteroatoms. The van der Waals surface area contributed by atoms with Crippen LogP contribution in [0.3, 0.4) is 0 Å². The Morgan fingerprint density at radius 1 is 0.952 bits per heavy atom. The standard InChI is InChI=1S/C18H22ClNO/c1-3-20-17(14-10-12-16(19)13-11-14)18(21-4-2)15-8-6-5-7-9-15/h5-13,17-18,20H,3-4H2,1-2H3. The van der Waals surface area contributed by atoms with Gasteiger partial charge in [-0.05, 0) is 36.7 Å². The van der Waals surface area contributed by atoms with Crippen molar-refractivity contribution in [2.24, 2.45) is 0 Å². The second kappa shape index (κ2) is 8.18. The second-order valence-corrected chi connectivity index (χ2v) is 5.31. The summed E-state index contributed by atoms with van der Waals surface area (Å²) < 4.78 is 6.03. The number of hydrogen-bond acceptors (Lipinski definition) is 2. The van der Waals surface area contributed by atoms with Crippen molar-refractivity contribution in [3.05, 3.63) is 70.7 Å². The van der Waals surface area contributed by atoms with Gasteiger partial charge in [-0.3, -0.25) is 0 Å². The van der Waals surface area contributed by atoms with E-state index in [2.05, 4.69) is 36.5 Å². The van der Waals surface area contributed by atoms with Gasteiger partial charge >= 0.3 is 0 Å². The zero-order valence-corrected chi connectivity index (χ0v) is 13.3. The first-order valence-corrected chi connectivity index (χ1v) is 7.79. The summed E-state index contributed by atoms with van der Waals surface area (Å²) >= 11 is 6.00. The maximum atomic E-state index is 6.03. The monoisotopic (exact) mass is 303 g/mol. The van der Waals surface area contributed by atoms with Gasteiger partial charge in [0.1, 0.15) is 6.10 Å². The Hall–Kier alpha value is -1.35. The van der Waals surface area contributed by atoms with Crippen LogP contribution < -0.4 is 5.32 Å². The Kier molecular flexibility index (Phi) is 6.24. The van der Waals surface area contributed by atoms with E-state index in [1.54, 1.807) is 0 Å². The maximum Gasteiger partial charge on any atom is 0.102 e. The fraction of sp³-hybridized carbons (Fsp3) is 0.333. The summed E-state index contributed by atoms with van der Waals surface area (Å²) in [6.07, 6.45) is -0.0164. The second-order valence-electron chi connectivity index (χ2n) is 4.87. The van der Waals surface area contributed by atoms with Gasteiger partial charge in [0.25, 0.3) is 0 Å². The summed E-state index contributed by atoms with van der Waals surface area (Å²) in [7, 11) is 0. The molecule has 2 aromatic rings. The lowest BCUT2D eigenvalue weighted by molar-refractivity contribution is 0.0331. The summed E-state index contributed by atoms with van der Waals surface area (Å²) in [5, 5.41) is 4.29. The van der Waals surface area contributed by atoms with Crippen molar-refractivity contribution in [1.29, 1.82) is 0 Å². The van der Waals surface area contributed by atoms with Crippen LogP contribution >= 0.6 is 11.6 Å². The lowest BCUT2D eigenvalue weighted by Gasteiger charge is -2.28. The molecule has 2 atom stereocenters. The van der Waals surface area contributed by atoms with Gasteiger partial charge in [0.05, 0.1) is 6.04 Å². The van der Waals surface area contributed by atoms with Gasteiger partial charge in [0, 0.05) is 11.6 Å². The van der Waals surface area contributed by atoms with E-state index in [1.165, 1.54) is 11.1 Å². The molecule has 0 aliphatic carbocycles. The quantitative estimate of drug-likeness (QED) is 0.795. The average molecular weight is 304 g/mol. The fourth-order valence-corrected chi connectivity index (χ4v) is 2.62. The Morgan fingerprint density at radius 2 is 1.62 bits per heavy atom. The molecular weight excluding hydrogens is 282 g/mol. The summed E-state index contributed by atoms with van der Waals surface area (Å²) in [6.45, 7) is 5.69. The highest BCUT2D eigenvalue weighted by atomic mass is 35.5. The van der Waals surface area contributed by atoms with E-state index in [0.717, 1.165) is 11.6 Å². The van der Waals surface area contributed by atoms with E-state index < -0.39 is 0 Å². The third kappa shape index (κ3) is 4.31. The van der Waals surface area contributed by atoms with Crippen LogP contribution in [0.2, 0.25) is 5.02 Å². The summed E-state index contributed by atoms with van der Waals surface area (Å²) in [6, 6.07) is 18.4. The Balaban J connectivity index is 2.34. The predicted octanol–water partition coefficient (Wildman–Crippen LogP) is 4.77. The SMILES string of the molecule is CCNC(c1ccc(Cl)cc1)C(OCC)c1ccccc1. The van der Waals surface area contributed by atoms with Gasteiger partial charge in [0.2, 0.25) is 0 Å². The molecule has 0 aliphatic heterocycles. The molecule has 0 aliphatic rings. The van der Waals surface area contributed by atoms with Crippen LogP contribution in [0.4, 0.5) is 0 Å². The van der Waals surface area contributed by atoms with Crippen molar-refractivity contribution in [1.82, 2.24) is 5.32 Å². The van der Waals surface area contributed by atoms with Crippen LogP contribution in [0.1, 0.15) is 37.1 Å². The molecule has 0 saturated carbocycles. The summed E-state index contributed by atoms with van der Waals surface area (Å²) in [5.41, 5.74) is 2.36. The van der Waals surface area contributed by atoms with E-state index in [1.807, 2.05) is 37.3 Å². The molecule has 0 heterocycles. The van der Waals surface area contributed by atoms with Crippen LogP contribution in [0.25, 0.3) is 0 Å². The number of likely N-dealkylation sites (N-methyl/N-ethyl adjacent to an activating group) is 1. The lowest BCUT2D eigenvalue weighted by Crippen LogP contribution is -2.28. The molecule has 2 nitrogen and oxygen atoms in total. The first kappa shape index (κ1) is 16.0.